The van der Waals surface area contributed by atoms with Crippen molar-refractivity contribution in [1.29, 1.82) is 0 Å². The van der Waals surface area contributed by atoms with Gasteiger partial charge in [-0.15, -0.1) is 0 Å². The lowest BCUT2D eigenvalue weighted by Gasteiger charge is -2.37. The van der Waals surface area contributed by atoms with E-state index < -0.39 is 0 Å². The predicted octanol–water partition coefficient (Wildman–Crippen LogP) is 2.04. The zero-order valence-electron chi connectivity index (χ0n) is 11.7. The topological polar surface area (TPSA) is 24.5 Å². The van der Waals surface area contributed by atoms with Gasteiger partial charge in [-0.3, -0.25) is 4.90 Å². The van der Waals surface area contributed by atoms with Gasteiger partial charge in [-0.2, -0.15) is 0 Å². The van der Waals surface area contributed by atoms with Crippen LogP contribution >= 0.6 is 0 Å². The molecule has 0 saturated carbocycles. The third-order valence-electron chi connectivity index (χ3n) is 3.55. The van der Waals surface area contributed by atoms with Crippen LogP contribution in [-0.2, 0) is 4.74 Å². The van der Waals surface area contributed by atoms with E-state index in [9.17, 15) is 0 Å². The van der Waals surface area contributed by atoms with E-state index in [4.69, 9.17) is 4.74 Å². The summed E-state index contributed by atoms with van der Waals surface area (Å²) in [6, 6.07) is 0.418. The Balaban J connectivity index is 2.52. The average molecular weight is 240 g/mol. The molecule has 1 aliphatic rings. The molecule has 1 saturated heterocycles. The number of nitrogens with one attached hydrogen (secondary N) is 1. The number of morpholine rings is 1. The van der Waals surface area contributed by atoms with Crippen LogP contribution < -0.4 is 5.32 Å². The third kappa shape index (κ3) is 4.78. The molecule has 3 nitrogen and oxygen atoms in total. The highest BCUT2D eigenvalue weighted by Crippen LogP contribution is 2.16. The molecule has 2 unspecified atom stereocenters. The Bertz CT molecular complexity index is 230. The fraction of sp³-hybridized carbons (Fsp3) is 0.857. The molecule has 1 heterocycles. The van der Waals surface area contributed by atoms with Crippen LogP contribution in [0.4, 0.5) is 0 Å². The summed E-state index contributed by atoms with van der Waals surface area (Å²) in [7, 11) is 0. The van der Waals surface area contributed by atoms with Crippen molar-refractivity contribution in [3.05, 3.63) is 12.2 Å². The largest absolute Gasteiger partial charge is 0.374 e. The van der Waals surface area contributed by atoms with Gasteiger partial charge in [-0.05, 0) is 25.9 Å². The maximum absolute atomic E-state index is 5.92. The van der Waals surface area contributed by atoms with E-state index in [-0.39, 0.29) is 0 Å². The lowest BCUT2D eigenvalue weighted by Crippen LogP contribution is -2.52. The summed E-state index contributed by atoms with van der Waals surface area (Å²) in [6.45, 7) is 15.8. The second kappa shape index (κ2) is 7.85. The van der Waals surface area contributed by atoms with E-state index in [1.165, 1.54) is 5.57 Å². The minimum atomic E-state index is 0.312. The van der Waals surface area contributed by atoms with Gasteiger partial charge < -0.3 is 10.1 Å². The molecule has 1 fully saturated rings. The SMILES string of the molecule is C=C(CC)CC(NCC)C1CN(CC)CCO1. The van der Waals surface area contributed by atoms with Crippen LogP contribution in [0.5, 0.6) is 0 Å². The van der Waals surface area contributed by atoms with Crippen LogP contribution in [0.25, 0.3) is 0 Å². The normalized spacial score (nSPS) is 23.6. The molecule has 2 atom stereocenters. The van der Waals surface area contributed by atoms with Crippen molar-refractivity contribution in [3.63, 3.8) is 0 Å². The monoisotopic (exact) mass is 240 g/mol. The Morgan fingerprint density at radius 3 is 2.82 bits per heavy atom. The zero-order chi connectivity index (χ0) is 12.7. The van der Waals surface area contributed by atoms with Gasteiger partial charge >= 0.3 is 0 Å². The molecule has 0 aromatic carbocycles. The molecular formula is C14H28N2O. The Kier molecular flexibility index (Phi) is 6.78. The lowest BCUT2D eigenvalue weighted by atomic mass is 9.99. The van der Waals surface area contributed by atoms with Gasteiger partial charge in [0.15, 0.2) is 0 Å². The molecule has 0 radical (unpaired) electrons. The average Bonchev–Trinajstić information content (AvgIpc) is 2.38. The standard InChI is InChI=1S/C14H28N2O/c1-5-12(4)10-13(15-6-2)14-11-16(7-3)8-9-17-14/h13-15H,4-11H2,1-3H3. The second-order valence-corrected chi connectivity index (χ2v) is 4.77. The molecule has 1 N–H and O–H groups in total. The van der Waals surface area contributed by atoms with Crippen molar-refractivity contribution in [3.8, 4) is 0 Å². The van der Waals surface area contributed by atoms with E-state index in [0.717, 1.165) is 45.6 Å². The number of hydrogen-bond donors (Lipinski definition) is 1. The van der Waals surface area contributed by atoms with Crippen molar-refractivity contribution < 1.29 is 4.74 Å². The van der Waals surface area contributed by atoms with Crippen molar-refractivity contribution in [2.75, 3.05) is 32.8 Å². The Hall–Kier alpha value is -0.380. The van der Waals surface area contributed by atoms with Crippen LogP contribution in [0, 0.1) is 0 Å². The van der Waals surface area contributed by atoms with E-state index >= 15 is 0 Å². The molecular weight excluding hydrogens is 212 g/mol. The van der Waals surface area contributed by atoms with Crippen LogP contribution in [0.2, 0.25) is 0 Å². The summed E-state index contributed by atoms with van der Waals surface area (Å²) < 4.78 is 5.92. The number of likely N-dealkylation sites (N-methyl/N-ethyl adjacent to an activating group) is 2. The number of ether oxygens (including phenoxy) is 1. The van der Waals surface area contributed by atoms with Gasteiger partial charge in [0.25, 0.3) is 0 Å². The van der Waals surface area contributed by atoms with Crippen molar-refractivity contribution >= 4 is 0 Å². The van der Waals surface area contributed by atoms with Gasteiger partial charge in [0.05, 0.1) is 12.7 Å². The summed E-state index contributed by atoms with van der Waals surface area (Å²) in [5, 5.41) is 3.55. The molecule has 1 aliphatic heterocycles. The van der Waals surface area contributed by atoms with Crippen LogP contribution in [-0.4, -0.2) is 49.8 Å². The first-order valence-electron chi connectivity index (χ1n) is 6.95. The Morgan fingerprint density at radius 2 is 2.24 bits per heavy atom. The molecule has 1 rings (SSSR count). The minimum Gasteiger partial charge on any atom is -0.374 e. The Morgan fingerprint density at radius 1 is 1.47 bits per heavy atom. The molecule has 3 heteroatoms. The van der Waals surface area contributed by atoms with Gasteiger partial charge in [-0.1, -0.05) is 32.9 Å². The number of rotatable bonds is 7. The van der Waals surface area contributed by atoms with E-state index in [1.807, 2.05) is 0 Å². The predicted molar refractivity (Wildman–Crippen MR) is 73.4 cm³/mol. The second-order valence-electron chi connectivity index (χ2n) is 4.77. The third-order valence-corrected chi connectivity index (χ3v) is 3.55. The minimum absolute atomic E-state index is 0.312. The fourth-order valence-corrected chi connectivity index (χ4v) is 2.31. The molecule has 0 bridgehead atoms. The quantitative estimate of drug-likeness (QED) is 0.689. The first kappa shape index (κ1) is 14.7. The molecule has 0 amide bonds. The first-order chi connectivity index (χ1) is 8.21. The van der Waals surface area contributed by atoms with E-state index in [1.54, 1.807) is 0 Å². The van der Waals surface area contributed by atoms with Crippen molar-refractivity contribution in [2.45, 2.75) is 45.8 Å². The van der Waals surface area contributed by atoms with Gasteiger partial charge in [-0.25, -0.2) is 0 Å². The highest BCUT2D eigenvalue weighted by atomic mass is 16.5. The number of hydrogen-bond acceptors (Lipinski definition) is 3. The molecule has 17 heavy (non-hydrogen) atoms. The van der Waals surface area contributed by atoms with Gasteiger partial charge in [0, 0.05) is 19.1 Å². The fourth-order valence-electron chi connectivity index (χ4n) is 2.31. The zero-order valence-corrected chi connectivity index (χ0v) is 11.7. The first-order valence-corrected chi connectivity index (χ1v) is 6.95. The highest BCUT2D eigenvalue weighted by molar-refractivity contribution is 4.99. The molecule has 100 valence electrons. The van der Waals surface area contributed by atoms with Crippen molar-refractivity contribution in [1.82, 2.24) is 10.2 Å². The summed E-state index contributed by atoms with van der Waals surface area (Å²) in [4.78, 5) is 2.47. The van der Waals surface area contributed by atoms with Gasteiger partial charge in [0.2, 0.25) is 0 Å². The lowest BCUT2D eigenvalue weighted by molar-refractivity contribution is -0.0445. The molecule has 0 spiro atoms. The molecule has 0 aliphatic carbocycles. The summed E-state index contributed by atoms with van der Waals surface area (Å²) in [5.74, 6) is 0. The smallest absolute Gasteiger partial charge is 0.0858 e. The number of nitrogens with zero attached hydrogens (tertiary/aromatic N) is 1. The van der Waals surface area contributed by atoms with Crippen LogP contribution in [0.15, 0.2) is 12.2 Å². The Labute approximate surface area is 106 Å². The maximum Gasteiger partial charge on any atom is 0.0858 e. The van der Waals surface area contributed by atoms with Crippen LogP contribution in [0.1, 0.15) is 33.6 Å². The summed E-state index contributed by atoms with van der Waals surface area (Å²) in [6.07, 6.45) is 2.41. The van der Waals surface area contributed by atoms with E-state index in [0.29, 0.717) is 12.1 Å². The maximum atomic E-state index is 5.92. The van der Waals surface area contributed by atoms with Gasteiger partial charge in [0.1, 0.15) is 0 Å². The molecule has 0 aromatic heterocycles. The van der Waals surface area contributed by atoms with Crippen LogP contribution in [0.3, 0.4) is 0 Å². The van der Waals surface area contributed by atoms with Crippen molar-refractivity contribution in [2.24, 2.45) is 0 Å². The summed E-state index contributed by atoms with van der Waals surface area (Å²) >= 11 is 0. The van der Waals surface area contributed by atoms with E-state index in [2.05, 4.69) is 37.6 Å². The highest BCUT2D eigenvalue weighted by Gasteiger charge is 2.27. The molecule has 0 aromatic rings. The summed E-state index contributed by atoms with van der Waals surface area (Å²) in [5.41, 5.74) is 1.31.